The molecular formula is C12H17NO2S. The molecule has 3 nitrogen and oxygen atoms in total. The first-order valence-electron chi connectivity index (χ1n) is 5.17. The van der Waals surface area contributed by atoms with Crippen LogP contribution in [0, 0.1) is 0 Å². The third-order valence-corrected chi connectivity index (χ3v) is 2.68. The first kappa shape index (κ1) is 13.1. The second-order valence-corrected chi connectivity index (χ2v) is 4.56. The van der Waals surface area contributed by atoms with Crippen molar-refractivity contribution in [2.24, 2.45) is 0 Å². The largest absolute Gasteiger partial charge is 0.392 e. The highest BCUT2D eigenvalue weighted by molar-refractivity contribution is 7.97. The van der Waals surface area contributed by atoms with Gasteiger partial charge in [-0.15, -0.1) is 0 Å². The molecular weight excluding hydrogens is 222 g/mol. The molecule has 1 atom stereocenters. The van der Waals surface area contributed by atoms with Crippen LogP contribution in [0.4, 0.5) is 0 Å². The van der Waals surface area contributed by atoms with Gasteiger partial charge in [0.15, 0.2) is 0 Å². The van der Waals surface area contributed by atoms with Crippen LogP contribution in [0.2, 0.25) is 0 Å². The Kier molecular flexibility index (Phi) is 5.35. The van der Waals surface area contributed by atoms with Gasteiger partial charge in [-0.05, 0) is 30.9 Å². The van der Waals surface area contributed by atoms with Gasteiger partial charge in [0.1, 0.15) is 0 Å². The van der Waals surface area contributed by atoms with Crippen LogP contribution in [-0.2, 0) is 5.75 Å². The van der Waals surface area contributed by atoms with E-state index >= 15 is 0 Å². The van der Waals surface area contributed by atoms with Gasteiger partial charge in [-0.2, -0.15) is 11.8 Å². The van der Waals surface area contributed by atoms with Crippen molar-refractivity contribution in [3.63, 3.8) is 0 Å². The van der Waals surface area contributed by atoms with Crippen molar-refractivity contribution in [2.75, 3.05) is 12.8 Å². The molecule has 0 heterocycles. The quantitative estimate of drug-likeness (QED) is 0.821. The van der Waals surface area contributed by atoms with Gasteiger partial charge in [-0.1, -0.05) is 12.1 Å². The van der Waals surface area contributed by atoms with Crippen LogP contribution in [0.15, 0.2) is 24.3 Å². The molecule has 0 unspecified atom stereocenters. The van der Waals surface area contributed by atoms with Crippen molar-refractivity contribution in [3.05, 3.63) is 35.4 Å². The SMILES string of the molecule is CSCc1cccc(C(=O)NC[C@@H](C)O)c1. The van der Waals surface area contributed by atoms with E-state index in [0.29, 0.717) is 5.56 Å². The summed E-state index contributed by atoms with van der Waals surface area (Å²) in [5.41, 5.74) is 1.78. The number of carbonyl (C=O) groups excluding carboxylic acids is 1. The summed E-state index contributed by atoms with van der Waals surface area (Å²) in [7, 11) is 0. The van der Waals surface area contributed by atoms with E-state index in [4.69, 9.17) is 5.11 Å². The molecule has 0 aromatic heterocycles. The number of hydrogen-bond donors (Lipinski definition) is 2. The van der Waals surface area contributed by atoms with Crippen LogP contribution in [0.25, 0.3) is 0 Å². The number of rotatable bonds is 5. The minimum atomic E-state index is -0.515. The topological polar surface area (TPSA) is 49.3 Å². The molecule has 0 aliphatic carbocycles. The van der Waals surface area contributed by atoms with Gasteiger partial charge in [0.05, 0.1) is 6.10 Å². The summed E-state index contributed by atoms with van der Waals surface area (Å²) >= 11 is 1.72. The van der Waals surface area contributed by atoms with Gasteiger partial charge in [-0.3, -0.25) is 4.79 Å². The Hall–Kier alpha value is -1.00. The molecule has 0 aliphatic heterocycles. The third kappa shape index (κ3) is 4.24. The van der Waals surface area contributed by atoms with Crippen molar-refractivity contribution in [1.29, 1.82) is 0 Å². The normalized spacial score (nSPS) is 12.2. The third-order valence-electron chi connectivity index (χ3n) is 2.06. The Morgan fingerprint density at radius 1 is 1.56 bits per heavy atom. The lowest BCUT2D eigenvalue weighted by Gasteiger charge is -2.08. The van der Waals surface area contributed by atoms with Crippen molar-refractivity contribution in [3.8, 4) is 0 Å². The fourth-order valence-corrected chi connectivity index (χ4v) is 1.82. The average Bonchev–Trinajstić information content (AvgIpc) is 2.26. The van der Waals surface area contributed by atoms with E-state index < -0.39 is 6.10 Å². The van der Waals surface area contributed by atoms with Gasteiger partial charge in [0.25, 0.3) is 5.91 Å². The zero-order chi connectivity index (χ0) is 12.0. The molecule has 0 bridgehead atoms. The molecule has 1 aromatic rings. The number of aliphatic hydroxyl groups excluding tert-OH is 1. The Labute approximate surface area is 100 Å². The summed E-state index contributed by atoms with van der Waals surface area (Å²) < 4.78 is 0. The number of amides is 1. The molecule has 0 fully saturated rings. The van der Waals surface area contributed by atoms with Crippen LogP contribution < -0.4 is 5.32 Å². The highest BCUT2D eigenvalue weighted by Gasteiger charge is 2.06. The van der Waals surface area contributed by atoms with E-state index in [1.54, 1.807) is 24.8 Å². The predicted octanol–water partition coefficient (Wildman–Crippen LogP) is 1.66. The summed E-state index contributed by atoms with van der Waals surface area (Å²) in [6.07, 6.45) is 1.51. The molecule has 0 radical (unpaired) electrons. The standard InChI is InChI=1S/C12H17NO2S/c1-9(14)7-13-12(15)11-5-3-4-10(6-11)8-16-2/h3-6,9,14H,7-8H2,1-2H3,(H,13,15)/t9-/m1/s1. The van der Waals surface area contributed by atoms with Crippen molar-refractivity contribution < 1.29 is 9.90 Å². The van der Waals surface area contributed by atoms with E-state index in [2.05, 4.69) is 5.32 Å². The molecule has 2 N–H and O–H groups in total. The molecule has 1 aromatic carbocycles. The Bertz CT molecular complexity index is 353. The van der Waals surface area contributed by atoms with Gasteiger partial charge < -0.3 is 10.4 Å². The van der Waals surface area contributed by atoms with Gasteiger partial charge in [0.2, 0.25) is 0 Å². The lowest BCUT2D eigenvalue weighted by molar-refractivity contribution is 0.0924. The number of benzene rings is 1. The second-order valence-electron chi connectivity index (χ2n) is 3.69. The van der Waals surface area contributed by atoms with Crippen LogP contribution >= 0.6 is 11.8 Å². The highest BCUT2D eigenvalue weighted by Crippen LogP contribution is 2.11. The zero-order valence-corrected chi connectivity index (χ0v) is 10.4. The molecule has 1 amide bonds. The Morgan fingerprint density at radius 3 is 2.94 bits per heavy atom. The van der Waals surface area contributed by atoms with E-state index in [-0.39, 0.29) is 12.5 Å². The minimum absolute atomic E-state index is 0.135. The molecule has 1 rings (SSSR count). The van der Waals surface area contributed by atoms with E-state index in [1.807, 2.05) is 24.5 Å². The van der Waals surface area contributed by atoms with Crippen molar-refractivity contribution >= 4 is 17.7 Å². The van der Waals surface area contributed by atoms with Gasteiger partial charge in [0, 0.05) is 17.9 Å². The fourth-order valence-electron chi connectivity index (χ4n) is 1.31. The monoisotopic (exact) mass is 239 g/mol. The van der Waals surface area contributed by atoms with Crippen LogP contribution in [0.3, 0.4) is 0 Å². The van der Waals surface area contributed by atoms with Gasteiger partial charge >= 0.3 is 0 Å². The maximum atomic E-state index is 11.7. The molecule has 88 valence electrons. The zero-order valence-electron chi connectivity index (χ0n) is 9.56. The van der Waals surface area contributed by atoms with Gasteiger partial charge in [-0.25, -0.2) is 0 Å². The minimum Gasteiger partial charge on any atom is -0.392 e. The van der Waals surface area contributed by atoms with E-state index in [0.717, 1.165) is 11.3 Å². The first-order chi connectivity index (χ1) is 7.63. The smallest absolute Gasteiger partial charge is 0.251 e. The molecule has 16 heavy (non-hydrogen) atoms. The van der Waals surface area contributed by atoms with Crippen molar-refractivity contribution in [1.82, 2.24) is 5.32 Å². The Morgan fingerprint density at radius 2 is 2.31 bits per heavy atom. The summed E-state index contributed by atoms with van der Waals surface area (Å²) in [6, 6.07) is 7.54. The fraction of sp³-hybridized carbons (Fsp3) is 0.417. The average molecular weight is 239 g/mol. The molecule has 0 spiro atoms. The number of aliphatic hydroxyl groups is 1. The number of carbonyl (C=O) groups is 1. The second kappa shape index (κ2) is 6.55. The molecule has 0 saturated carbocycles. The predicted molar refractivity (Wildman–Crippen MR) is 67.7 cm³/mol. The van der Waals surface area contributed by atoms with Crippen LogP contribution in [0.5, 0.6) is 0 Å². The van der Waals surface area contributed by atoms with E-state index in [9.17, 15) is 4.79 Å². The maximum absolute atomic E-state index is 11.7. The number of thioether (sulfide) groups is 1. The first-order valence-corrected chi connectivity index (χ1v) is 6.57. The van der Waals surface area contributed by atoms with Crippen LogP contribution in [-0.4, -0.2) is 29.9 Å². The summed E-state index contributed by atoms with van der Waals surface area (Å²) in [5.74, 6) is 0.765. The molecule has 4 heteroatoms. The molecule has 0 aliphatic rings. The summed E-state index contributed by atoms with van der Waals surface area (Å²) in [6.45, 7) is 1.93. The van der Waals surface area contributed by atoms with Crippen molar-refractivity contribution in [2.45, 2.75) is 18.8 Å². The lowest BCUT2D eigenvalue weighted by Crippen LogP contribution is -2.30. The lowest BCUT2D eigenvalue weighted by atomic mass is 10.1. The Balaban J connectivity index is 2.64. The number of hydrogen-bond acceptors (Lipinski definition) is 3. The highest BCUT2D eigenvalue weighted by atomic mass is 32.2. The summed E-state index contributed by atoms with van der Waals surface area (Å²) in [5, 5.41) is 11.7. The summed E-state index contributed by atoms with van der Waals surface area (Å²) in [4.78, 5) is 11.7. The molecule has 0 saturated heterocycles. The maximum Gasteiger partial charge on any atom is 0.251 e. The van der Waals surface area contributed by atoms with E-state index in [1.165, 1.54) is 0 Å². The van der Waals surface area contributed by atoms with Crippen LogP contribution in [0.1, 0.15) is 22.8 Å². The number of nitrogens with one attached hydrogen (secondary N) is 1.